The summed E-state index contributed by atoms with van der Waals surface area (Å²) in [5.74, 6) is -5.31. The molecule has 0 spiro atoms. The van der Waals surface area contributed by atoms with Crippen LogP contribution in [-0.2, 0) is 49.5 Å². The van der Waals surface area contributed by atoms with Crippen LogP contribution in [0.1, 0.15) is 72.8 Å². The summed E-state index contributed by atoms with van der Waals surface area (Å²) in [4.78, 5) is 91.5. The first-order valence-corrected chi connectivity index (χ1v) is 15.3. The fourth-order valence-corrected chi connectivity index (χ4v) is 4.64. The summed E-state index contributed by atoms with van der Waals surface area (Å²) in [6.07, 6.45) is -0.708. The molecule has 14 nitrogen and oxygen atoms in total. The van der Waals surface area contributed by atoms with Crippen molar-refractivity contribution >= 4 is 41.5 Å². The fraction of sp³-hybridized carbons (Fsp3) is 0.594. The molecule has 1 aromatic carbocycles. The van der Waals surface area contributed by atoms with Crippen molar-refractivity contribution in [3.63, 3.8) is 0 Å². The number of hydrogen-bond acceptors (Lipinski definition) is 9. The summed E-state index contributed by atoms with van der Waals surface area (Å²) in [7, 11) is 1.14. The standard InChI is InChI=1S/C32H47N5O9/c1-18(2)26-30(43)36-22(31(44)45-7)13-15-24(38)34-23(17-20-11-9-8-10-12-20)29(42)33-19(3)27(40)35-21(28(41)37-26)14-16-25(39)46-32(4,5)6/h8-12,18-19,21-23,26H,13-17H2,1-7H3,(H,33,42)(H,34,38)(H,35,40)(H,36,43)(H,37,41)/t19-,21-,22?,23-,26-/m0/s1. The highest BCUT2D eigenvalue weighted by atomic mass is 16.6. The smallest absolute Gasteiger partial charge is 0.328 e. The first kappa shape index (κ1) is 37.7. The highest BCUT2D eigenvalue weighted by molar-refractivity contribution is 5.96. The van der Waals surface area contributed by atoms with Crippen LogP contribution in [0.3, 0.4) is 0 Å². The monoisotopic (exact) mass is 645 g/mol. The van der Waals surface area contributed by atoms with Gasteiger partial charge in [-0.25, -0.2) is 4.79 Å². The largest absolute Gasteiger partial charge is 0.467 e. The molecule has 1 aromatic rings. The molecule has 5 N–H and O–H groups in total. The molecule has 5 amide bonds. The minimum Gasteiger partial charge on any atom is -0.467 e. The van der Waals surface area contributed by atoms with Gasteiger partial charge in [-0.2, -0.15) is 0 Å². The number of carbonyl (C=O) groups is 7. The van der Waals surface area contributed by atoms with E-state index in [1.165, 1.54) is 6.92 Å². The van der Waals surface area contributed by atoms with Crippen molar-refractivity contribution in [3.05, 3.63) is 35.9 Å². The molecule has 5 atom stereocenters. The van der Waals surface area contributed by atoms with E-state index in [1.807, 2.05) is 0 Å². The quantitative estimate of drug-likeness (QED) is 0.261. The van der Waals surface area contributed by atoms with E-state index in [0.717, 1.165) is 12.7 Å². The first-order valence-electron chi connectivity index (χ1n) is 15.3. The molecular weight excluding hydrogens is 598 g/mol. The predicted octanol–water partition coefficient (Wildman–Crippen LogP) is 0.418. The maximum atomic E-state index is 13.5. The second kappa shape index (κ2) is 17.3. The predicted molar refractivity (Wildman–Crippen MR) is 167 cm³/mol. The van der Waals surface area contributed by atoms with Crippen LogP contribution in [0, 0.1) is 5.92 Å². The van der Waals surface area contributed by atoms with Crippen molar-refractivity contribution in [3.8, 4) is 0 Å². The van der Waals surface area contributed by atoms with Crippen molar-refractivity contribution in [1.82, 2.24) is 26.6 Å². The Balaban J connectivity index is 2.45. The van der Waals surface area contributed by atoms with Crippen LogP contribution < -0.4 is 26.6 Å². The van der Waals surface area contributed by atoms with Gasteiger partial charge in [-0.15, -0.1) is 0 Å². The zero-order valence-corrected chi connectivity index (χ0v) is 27.6. The molecule has 254 valence electrons. The molecule has 0 aromatic heterocycles. The SMILES string of the molecule is COC(=O)C1CCC(=O)N[C@@H](Cc2ccccc2)C(=O)N[C@@H](C)C(=O)N[C@@H](CCC(=O)OC(C)(C)C)C(=O)N[C@@H](C(C)C)C(=O)N1. The number of nitrogens with one attached hydrogen (secondary N) is 5. The van der Waals surface area contributed by atoms with Gasteiger partial charge in [0, 0.05) is 19.3 Å². The van der Waals surface area contributed by atoms with Crippen LogP contribution in [0.4, 0.5) is 0 Å². The minimum atomic E-state index is -1.29. The zero-order chi connectivity index (χ0) is 34.6. The molecule has 0 aliphatic carbocycles. The maximum absolute atomic E-state index is 13.5. The maximum Gasteiger partial charge on any atom is 0.328 e. The number of ether oxygens (including phenoxy) is 2. The molecular formula is C32H47N5O9. The van der Waals surface area contributed by atoms with Gasteiger partial charge in [-0.1, -0.05) is 44.2 Å². The number of rotatable bonds is 7. The van der Waals surface area contributed by atoms with E-state index in [9.17, 15) is 33.6 Å². The second-order valence-corrected chi connectivity index (χ2v) is 12.6. The van der Waals surface area contributed by atoms with Crippen molar-refractivity contribution in [2.75, 3.05) is 7.11 Å². The van der Waals surface area contributed by atoms with Crippen molar-refractivity contribution in [2.45, 2.75) is 109 Å². The van der Waals surface area contributed by atoms with E-state index in [0.29, 0.717) is 0 Å². The molecule has 0 radical (unpaired) electrons. The van der Waals surface area contributed by atoms with Gasteiger partial charge in [0.05, 0.1) is 7.11 Å². The fourth-order valence-electron chi connectivity index (χ4n) is 4.64. The molecule has 0 bridgehead atoms. The summed E-state index contributed by atoms with van der Waals surface area (Å²) < 4.78 is 10.2. The average molecular weight is 646 g/mol. The molecule has 1 heterocycles. The van der Waals surface area contributed by atoms with E-state index < -0.39 is 83.2 Å². The number of carbonyl (C=O) groups excluding carboxylic acids is 7. The zero-order valence-electron chi connectivity index (χ0n) is 27.6. The lowest BCUT2D eigenvalue weighted by atomic mass is 10.0. The van der Waals surface area contributed by atoms with Gasteiger partial charge >= 0.3 is 11.9 Å². The lowest BCUT2D eigenvalue weighted by Crippen LogP contribution is -2.59. The Morgan fingerprint density at radius 1 is 0.848 bits per heavy atom. The molecule has 2 rings (SSSR count). The normalized spacial score (nSPS) is 24.0. The second-order valence-electron chi connectivity index (χ2n) is 12.6. The molecule has 0 saturated carbocycles. The Hall–Kier alpha value is -4.49. The molecule has 1 aliphatic heterocycles. The highest BCUT2D eigenvalue weighted by Crippen LogP contribution is 2.12. The molecule has 1 aliphatic rings. The Morgan fingerprint density at radius 2 is 1.48 bits per heavy atom. The van der Waals surface area contributed by atoms with Gasteiger partial charge in [-0.05, 0) is 52.0 Å². The van der Waals surface area contributed by atoms with Gasteiger partial charge < -0.3 is 36.1 Å². The minimum absolute atomic E-state index is 0.0981. The highest BCUT2D eigenvalue weighted by Gasteiger charge is 2.34. The van der Waals surface area contributed by atoms with E-state index in [-0.39, 0.29) is 32.1 Å². The van der Waals surface area contributed by atoms with Crippen LogP contribution >= 0.6 is 0 Å². The van der Waals surface area contributed by atoms with Gasteiger partial charge in [0.1, 0.15) is 35.8 Å². The Labute approximate surface area is 269 Å². The van der Waals surface area contributed by atoms with E-state index in [1.54, 1.807) is 65.0 Å². The summed E-state index contributed by atoms with van der Waals surface area (Å²) in [5, 5.41) is 13.0. The topological polar surface area (TPSA) is 198 Å². The lowest BCUT2D eigenvalue weighted by Gasteiger charge is -2.27. The van der Waals surface area contributed by atoms with Gasteiger partial charge in [0.25, 0.3) is 0 Å². The number of hydrogen-bond donors (Lipinski definition) is 5. The Bertz CT molecular complexity index is 1260. The third kappa shape index (κ3) is 12.5. The summed E-state index contributed by atoms with van der Waals surface area (Å²) in [6.45, 7) is 9.84. The van der Waals surface area contributed by atoms with Crippen LogP contribution in [0.15, 0.2) is 30.3 Å². The molecule has 1 unspecified atom stereocenters. The molecule has 1 saturated heterocycles. The van der Waals surface area contributed by atoms with Crippen molar-refractivity contribution in [2.24, 2.45) is 5.92 Å². The third-order valence-corrected chi connectivity index (χ3v) is 7.09. The Kier molecular flexibility index (Phi) is 14.2. The molecule has 46 heavy (non-hydrogen) atoms. The Morgan fingerprint density at radius 3 is 2.07 bits per heavy atom. The van der Waals surface area contributed by atoms with Crippen LogP contribution in [-0.4, -0.2) is 84.4 Å². The van der Waals surface area contributed by atoms with Gasteiger partial charge in [0.15, 0.2) is 0 Å². The van der Waals surface area contributed by atoms with E-state index in [4.69, 9.17) is 9.47 Å². The summed E-state index contributed by atoms with van der Waals surface area (Å²) in [5.41, 5.74) is -0.0345. The van der Waals surface area contributed by atoms with Crippen LogP contribution in [0.25, 0.3) is 0 Å². The first-order chi connectivity index (χ1) is 21.5. The van der Waals surface area contributed by atoms with Crippen molar-refractivity contribution in [1.29, 1.82) is 0 Å². The third-order valence-electron chi connectivity index (χ3n) is 7.09. The van der Waals surface area contributed by atoms with Gasteiger partial charge in [-0.3, -0.25) is 28.8 Å². The lowest BCUT2D eigenvalue weighted by molar-refractivity contribution is -0.155. The van der Waals surface area contributed by atoms with Crippen molar-refractivity contribution < 1.29 is 43.0 Å². The van der Waals surface area contributed by atoms with E-state index in [2.05, 4.69) is 26.6 Å². The number of benzene rings is 1. The van der Waals surface area contributed by atoms with E-state index >= 15 is 0 Å². The number of esters is 2. The van der Waals surface area contributed by atoms with Crippen LogP contribution in [0.5, 0.6) is 0 Å². The van der Waals surface area contributed by atoms with Crippen LogP contribution in [0.2, 0.25) is 0 Å². The molecule has 1 fully saturated rings. The summed E-state index contributed by atoms with van der Waals surface area (Å²) in [6, 6.07) is 2.99. The number of amides is 5. The number of methoxy groups -OCH3 is 1. The van der Waals surface area contributed by atoms with Gasteiger partial charge in [0.2, 0.25) is 29.5 Å². The molecule has 14 heteroatoms. The summed E-state index contributed by atoms with van der Waals surface area (Å²) >= 11 is 0. The average Bonchev–Trinajstić information content (AvgIpc) is 2.97.